The summed E-state index contributed by atoms with van der Waals surface area (Å²) in [7, 11) is 0.115. The molecule has 0 aliphatic carbocycles. The molecule has 0 spiro atoms. The Balaban J connectivity index is 3.47. The average Bonchev–Trinajstić information content (AvgIpc) is 2.49. The minimum atomic E-state index is -1.38. The summed E-state index contributed by atoms with van der Waals surface area (Å²) in [6.45, 7) is 19.3. The van der Waals surface area contributed by atoms with Crippen LogP contribution in [-0.2, 0) is 0 Å². The molecule has 0 aliphatic rings. The summed E-state index contributed by atoms with van der Waals surface area (Å²) in [5.41, 5.74) is 5.62. The Bertz CT molecular complexity index is 352. The van der Waals surface area contributed by atoms with Gasteiger partial charge in [-0.15, -0.1) is 0 Å². The van der Waals surface area contributed by atoms with Crippen molar-refractivity contribution in [3.63, 3.8) is 0 Å². The maximum atomic E-state index is 2.45. The van der Waals surface area contributed by atoms with Crippen LogP contribution in [0.1, 0.15) is 52.7 Å². The summed E-state index contributed by atoms with van der Waals surface area (Å²) in [6.07, 6.45) is 0. The van der Waals surface area contributed by atoms with Crippen LogP contribution in [-0.4, -0.2) is 8.07 Å². The van der Waals surface area contributed by atoms with Crippen molar-refractivity contribution in [2.75, 3.05) is 0 Å². The van der Waals surface area contributed by atoms with Crippen molar-refractivity contribution in [2.24, 2.45) is 0 Å². The predicted octanol–water partition coefficient (Wildman–Crippen LogP) is 5.49. The maximum Gasteiger partial charge on any atom is 0.0613 e. The van der Waals surface area contributed by atoms with E-state index in [2.05, 4.69) is 61.2 Å². The van der Waals surface area contributed by atoms with Crippen LogP contribution in [0, 0.1) is 13.8 Å². The van der Waals surface area contributed by atoms with Gasteiger partial charge in [-0.2, -0.15) is 0 Å². The third-order valence-corrected chi connectivity index (χ3v) is 14.2. The van der Waals surface area contributed by atoms with Gasteiger partial charge >= 0.3 is 0 Å². The molecule has 1 aromatic rings. The van der Waals surface area contributed by atoms with Gasteiger partial charge in [-0.05, 0) is 30.5 Å². The Morgan fingerprint density at radius 2 is 1.29 bits per heavy atom. The second-order valence-corrected chi connectivity index (χ2v) is 13.5. The lowest BCUT2D eigenvalue weighted by atomic mass is 10.2. The SMILES string of the molecule is Cc1c[p-]c([Si](C(C)C)(C(C)C)C(C)C)c1C. The van der Waals surface area contributed by atoms with E-state index in [1.165, 1.54) is 13.8 Å². The molecule has 98 valence electrons. The summed E-state index contributed by atoms with van der Waals surface area (Å²) in [6, 6.07) is 0. The van der Waals surface area contributed by atoms with Crippen molar-refractivity contribution in [3.05, 3.63) is 16.9 Å². The average molecular weight is 267 g/mol. The molecule has 0 fully saturated rings. The van der Waals surface area contributed by atoms with Gasteiger partial charge in [0, 0.05) is 0 Å². The fourth-order valence-corrected chi connectivity index (χ4v) is 14.6. The maximum absolute atomic E-state index is 2.45. The monoisotopic (exact) mass is 267 g/mol. The normalized spacial score (nSPS) is 13.6. The number of aryl methyl sites for hydroxylation is 1. The standard InChI is InChI=1S/C15H28PSi/c1-10(2)17(11(3)4,12(5)6)15-14(8)13(7)9-16-15/h9-12H,1-8H3/q-1. The van der Waals surface area contributed by atoms with Gasteiger partial charge < -0.3 is 8.19 Å². The zero-order valence-corrected chi connectivity index (χ0v) is 14.7. The minimum Gasteiger partial charge on any atom is -0.532 e. The van der Waals surface area contributed by atoms with Crippen molar-refractivity contribution in [3.8, 4) is 0 Å². The molecule has 17 heavy (non-hydrogen) atoms. The number of hydrogen-bond donors (Lipinski definition) is 0. The second-order valence-electron chi connectivity index (χ2n) is 6.31. The van der Waals surface area contributed by atoms with Gasteiger partial charge in [-0.1, -0.05) is 52.7 Å². The van der Waals surface area contributed by atoms with E-state index in [4.69, 9.17) is 0 Å². The van der Waals surface area contributed by atoms with Crippen molar-refractivity contribution >= 4 is 21.2 Å². The van der Waals surface area contributed by atoms with Crippen molar-refractivity contribution in [1.29, 1.82) is 0 Å². The summed E-state index contributed by atoms with van der Waals surface area (Å²) in [5, 5.41) is 0. The second kappa shape index (κ2) is 5.32. The van der Waals surface area contributed by atoms with Crippen LogP contribution in [0.15, 0.2) is 5.80 Å². The molecule has 0 radical (unpaired) electrons. The van der Waals surface area contributed by atoms with Gasteiger partial charge in [-0.25, -0.2) is 10.7 Å². The molecule has 0 N–H and O–H groups in total. The summed E-state index contributed by atoms with van der Waals surface area (Å²) >= 11 is 0. The Hall–Kier alpha value is -0.00312. The first kappa shape index (κ1) is 15.1. The Morgan fingerprint density at radius 3 is 1.53 bits per heavy atom. The van der Waals surface area contributed by atoms with E-state index in [0.717, 1.165) is 16.6 Å². The minimum absolute atomic E-state index is 0.833. The summed E-state index contributed by atoms with van der Waals surface area (Å²) < 4.78 is 0. The van der Waals surface area contributed by atoms with Crippen molar-refractivity contribution < 1.29 is 0 Å². The quantitative estimate of drug-likeness (QED) is 0.633. The van der Waals surface area contributed by atoms with Crippen molar-refractivity contribution in [1.82, 2.24) is 0 Å². The Morgan fingerprint density at radius 1 is 0.882 bits per heavy atom. The van der Waals surface area contributed by atoms with Crippen LogP contribution < -0.4 is 4.92 Å². The Kier molecular flexibility index (Phi) is 4.71. The van der Waals surface area contributed by atoms with Gasteiger partial charge in [0.15, 0.2) is 0 Å². The molecule has 0 atom stereocenters. The molecule has 1 aromatic heterocycles. The van der Waals surface area contributed by atoms with Gasteiger partial charge in [0.2, 0.25) is 0 Å². The van der Waals surface area contributed by atoms with Crippen LogP contribution in [0.2, 0.25) is 16.6 Å². The number of hydrogen-bond acceptors (Lipinski definition) is 0. The fourth-order valence-electron chi connectivity index (χ4n) is 3.80. The highest BCUT2D eigenvalue weighted by molar-refractivity contribution is 7.41. The van der Waals surface area contributed by atoms with Gasteiger partial charge in [0.1, 0.15) is 0 Å². The predicted molar refractivity (Wildman–Crippen MR) is 84.7 cm³/mol. The molecule has 0 aromatic carbocycles. The van der Waals surface area contributed by atoms with E-state index in [1.807, 2.05) is 4.92 Å². The highest BCUT2D eigenvalue weighted by atomic mass is 31.0. The molecular weight excluding hydrogens is 239 g/mol. The van der Waals surface area contributed by atoms with E-state index in [1.54, 1.807) is 5.56 Å². The molecule has 0 saturated carbocycles. The van der Waals surface area contributed by atoms with E-state index in [0.29, 0.717) is 0 Å². The van der Waals surface area contributed by atoms with E-state index in [-0.39, 0.29) is 0 Å². The molecule has 1 rings (SSSR count). The van der Waals surface area contributed by atoms with Gasteiger partial charge in [0.05, 0.1) is 8.07 Å². The van der Waals surface area contributed by atoms with Crippen LogP contribution in [0.5, 0.6) is 0 Å². The zero-order chi connectivity index (χ0) is 13.4. The van der Waals surface area contributed by atoms with E-state index in [9.17, 15) is 0 Å². The smallest absolute Gasteiger partial charge is 0.0613 e. The van der Waals surface area contributed by atoms with E-state index >= 15 is 0 Å². The van der Waals surface area contributed by atoms with Crippen LogP contribution in [0.3, 0.4) is 0 Å². The molecule has 0 saturated heterocycles. The lowest BCUT2D eigenvalue weighted by molar-refractivity contribution is 0.836. The molecule has 1 heterocycles. The molecule has 0 unspecified atom stereocenters. The van der Waals surface area contributed by atoms with Crippen LogP contribution in [0.25, 0.3) is 0 Å². The first-order valence-electron chi connectivity index (χ1n) is 6.85. The largest absolute Gasteiger partial charge is 0.532 e. The summed E-state index contributed by atoms with van der Waals surface area (Å²) in [5.74, 6) is 2.42. The first-order valence-corrected chi connectivity index (χ1v) is 10.0. The van der Waals surface area contributed by atoms with Crippen LogP contribution in [0.4, 0.5) is 0 Å². The lowest BCUT2D eigenvalue weighted by Crippen LogP contribution is -2.55. The molecule has 0 amide bonds. The highest BCUT2D eigenvalue weighted by Gasteiger charge is 2.41. The topological polar surface area (TPSA) is 0 Å². The third-order valence-electron chi connectivity index (χ3n) is 4.61. The Labute approximate surface area is 110 Å². The molecule has 2 heteroatoms. The molecular formula is C15H28PSi-. The molecule has 0 aliphatic heterocycles. The fraction of sp³-hybridized carbons (Fsp3) is 0.733. The van der Waals surface area contributed by atoms with Crippen molar-refractivity contribution in [2.45, 2.75) is 72.0 Å². The highest BCUT2D eigenvalue weighted by Crippen LogP contribution is 2.43. The zero-order valence-electron chi connectivity index (χ0n) is 12.8. The molecule has 0 bridgehead atoms. The first-order chi connectivity index (χ1) is 7.76. The van der Waals surface area contributed by atoms with Gasteiger partial charge in [0.25, 0.3) is 0 Å². The summed E-state index contributed by atoms with van der Waals surface area (Å²) in [4.78, 5) is 1.81. The molecule has 0 nitrogen and oxygen atoms in total. The van der Waals surface area contributed by atoms with Crippen LogP contribution >= 0.6 is 8.19 Å². The van der Waals surface area contributed by atoms with E-state index < -0.39 is 8.07 Å². The lowest BCUT2D eigenvalue weighted by Gasteiger charge is -2.48. The number of rotatable bonds is 4. The van der Waals surface area contributed by atoms with Gasteiger partial charge in [-0.3, -0.25) is 0 Å². The third kappa shape index (κ3) is 2.29.